The van der Waals surface area contributed by atoms with Crippen LogP contribution in [0.15, 0.2) is 42.5 Å². The van der Waals surface area contributed by atoms with Crippen molar-refractivity contribution in [2.45, 2.75) is 25.3 Å². The molecule has 1 aliphatic rings. The van der Waals surface area contributed by atoms with E-state index in [0.717, 1.165) is 29.9 Å². The minimum atomic E-state index is -0.257. The van der Waals surface area contributed by atoms with Gasteiger partial charge < -0.3 is 24.4 Å². The Morgan fingerprint density at radius 3 is 2.53 bits per heavy atom. The fourth-order valence-electron chi connectivity index (χ4n) is 3.84. The number of methoxy groups -OCH3 is 3. The van der Waals surface area contributed by atoms with E-state index in [1.54, 1.807) is 38.5 Å². The summed E-state index contributed by atoms with van der Waals surface area (Å²) in [4.78, 5) is 27.2. The Morgan fingerprint density at radius 2 is 1.80 bits per heavy atom. The topological polar surface area (TPSA) is 77.1 Å². The zero-order valence-corrected chi connectivity index (χ0v) is 17.6. The van der Waals surface area contributed by atoms with E-state index in [4.69, 9.17) is 14.2 Å². The van der Waals surface area contributed by atoms with Gasteiger partial charge in [0.25, 0.3) is 5.91 Å². The molecule has 0 saturated carbocycles. The van der Waals surface area contributed by atoms with Crippen molar-refractivity contribution in [3.05, 3.63) is 53.6 Å². The standard InChI is InChI=1S/C23H28N2O5/c1-28-16-10-11-21(30-3)18(15-16)19-8-6-14-25(19)22(26)12-13-24-23(27)17-7-4-5-9-20(17)29-2/h4-5,7,9-11,15,19H,6,8,12-14H2,1-3H3,(H,24,27). The Labute approximate surface area is 176 Å². The van der Waals surface area contributed by atoms with Crippen LogP contribution in [0.3, 0.4) is 0 Å². The van der Waals surface area contributed by atoms with Crippen LogP contribution in [0.1, 0.15) is 41.2 Å². The number of hydrogen-bond acceptors (Lipinski definition) is 5. The number of nitrogens with one attached hydrogen (secondary N) is 1. The lowest BCUT2D eigenvalue weighted by Crippen LogP contribution is -2.34. The Hall–Kier alpha value is -3.22. The van der Waals surface area contributed by atoms with Crippen molar-refractivity contribution in [3.63, 3.8) is 0 Å². The van der Waals surface area contributed by atoms with E-state index in [9.17, 15) is 9.59 Å². The molecule has 7 nitrogen and oxygen atoms in total. The monoisotopic (exact) mass is 412 g/mol. The minimum absolute atomic E-state index is 0.00250. The van der Waals surface area contributed by atoms with Gasteiger partial charge in [0.1, 0.15) is 17.2 Å². The Morgan fingerprint density at radius 1 is 1.03 bits per heavy atom. The number of amides is 2. The van der Waals surface area contributed by atoms with Gasteiger partial charge in [0, 0.05) is 25.1 Å². The molecule has 0 spiro atoms. The highest BCUT2D eigenvalue weighted by Crippen LogP contribution is 2.39. The molecule has 30 heavy (non-hydrogen) atoms. The van der Waals surface area contributed by atoms with Gasteiger partial charge in [0.15, 0.2) is 0 Å². The van der Waals surface area contributed by atoms with Gasteiger partial charge >= 0.3 is 0 Å². The van der Waals surface area contributed by atoms with Crippen molar-refractivity contribution in [2.75, 3.05) is 34.4 Å². The Bertz CT molecular complexity index is 899. The summed E-state index contributed by atoms with van der Waals surface area (Å²) in [5.41, 5.74) is 1.40. The third-order valence-corrected chi connectivity index (χ3v) is 5.35. The molecule has 1 N–H and O–H groups in total. The lowest BCUT2D eigenvalue weighted by atomic mass is 10.0. The van der Waals surface area contributed by atoms with E-state index in [1.165, 1.54) is 7.11 Å². The number of likely N-dealkylation sites (tertiary alicyclic amines) is 1. The lowest BCUT2D eigenvalue weighted by Gasteiger charge is -2.27. The maximum absolute atomic E-state index is 12.9. The molecular formula is C23H28N2O5. The largest absolute Gasteiger partial charge is 0.497 e. The average Bonchev–Trinajstić information content (AvgIpc) is 3.28. The van der Waals surface area contributed by atoms with E-state index < -0.39 is 0 Å². The zero-order valence-electron chi connectivity index (χ0n) is 17.6. The molecule has 0 radical (unpaired) electrons. The SMILES string of the molecule is COc1ccc(OC)c(C2CCCN2C(=O)CCNC(=O)c2ccccc2OC)c1. The maximum Gasteiger partial charge on any atom is 0.255 e. The molecule has 3 rings (SSSR count). The van der Waals surface area contributed by atoms with Crippen LogP contribution in [0.25, 0.3) is 0 Å². The van der Waals surface area contributed by atoms with Crippen molar-refractivity contribution in [3.8, 4) is 17.2 Å². The molecule has 2 aromatic rings. The number of nitrogens with zero attached hydrogens (tertiary/aromatic N) is 1. The van der Waals surface area contributed by atoms with Gasteiger partial charge in [-0.15, -0.1) is 0 Å². The summed E-state index contributed by atoms with van der Waals surface area (Å²) in [7, 11) is 4.77. The van der Waals surface area contributed by atoms with Gasteiger partial charge in [0.05, 0.1) is 32.9 Å². The molecule has 0 aromatic heterocycles. The van der Waals surface area contributed by atoms with Crippen LogP contribution < -0.4 is 19.5 Å². The molecule has 1 fully saturated rings. The molecule has 1 aliphatic heterocycles. The Kier molecular flexibility index (Phi) is 7.17. The highest BCUT2D eigenvalue weighted by atomic mass is 16.5. The summed E-state index contributed by atoms with van der Waals surface area (Å²) < 4.78 is 16.1. The fourth-order valence-corrected chi connectivity index (χ4v) is 3.84. The molecule has 1 saturated heterocycles. The van der Waals surface area contributed by atoms with Crippen LogP contribution in [0.5, 0.6) is 17.2 Å². The van der Waals surface area contributed by atoms with Crippen LogP contribution >= 0.6 is 0 Å². The number of benzene rings is 2. The first-order valence-electron chi connectivity index (χ1n) is 10.0. The van der Waals surface area contributed by atoms with Gasteiger partial charge in [-0.1, -0.05) is 12.1 Å². The smallest absolute Gasteiger partial charge is 0.255 e. The van der Waals surface area contributed by atoms with Gasteiger partial charge in [-0.3, -0.25) is 9.59 Å². The summed E-state index contributed by atoms with van der Waals surface area (Å²) in [5, 5.41) is 2.81. The van der Waals surface area contributed by atoms with Gasteiger partial charge in [-0.2, -0.15) is 0 Å². The molecule has 2 aromatic carbocycles. The second kappa shape index (κ2) is 10.0. The number of rotatable bonds is 8. The van der Waals surface area contributed by atoms with Crippen molar-refractivity contribution in [2.24, 2.45) is 0 Å². The van der Waals surface area contributed by atoms with Crippen molar-refractivity contribution in [1.29, 1.82) is 0 Å². The molecule has 0 bridgehead atoms. The summed E-state index contributed by atoms with van der Waals surface area (Å²) in [6.45, 7) is 0.943. The van der Waals surface area contributed by atoms with Gasteiger partial charge in [-0.25, -0.2) is 0 Å². The fraction of sp³-hybridized carbons (Fsp3) is 0.391. The number of carbonyl (C=O) groups is 2. The van der Waals surface area contributed by atoms with Crippen molar-refractivity contribution in [1.82, 2.24) is 10.2 Å². The zero-order chi connectivity index (χ0) is 21.5. The normalized spacial score (nSPS) is 15.6. The number of para-hydroxylation sites is 1. The highest BCUT2D eigenvalue weighted by molar-refractivity contribution is 5.97. The van der Waals surface area contributed by atoms with Crippen LogP contribution in [-0.2, 0) is 4.79 Å². The summed E-state index contributed by atoms with van der Waals surface area (Å²) >= 11 is 0. The molecule has 1 unspecified atom stereocenters. The van der Waals surface area contributed by atoms with E-state index in [1.807, 2.05) is 23.1 Å². The number of carbonyl (C=O) groups excluding carboxylic acids is 2. The molecular weight excluding hydrogens is 384 g/mol. The lowest BCUT2D eigenvalue weighted by molar-refractivity contribution is -0.132. The predicted molar refractivity (Wildman–Crippen MR) is 113 cm³/mol. The third-order valence-electron chi connectivity index (χ3n) is 5.35. The quantitative estimate of drug-likeness (QED) is 0.721. The van der Waals surface area contributed by atoms with E-state index in [2.05, 4.69) is 5.32 Å². The Balaban J connectivity index is 1.63. The first-order valence-corrected chi connectivity index (χ1v) is 10.0. The maximum atomic E-state index is 12.9. The second-order valence-corrected chi connectivity index (χ2v) is 7.06. The van der Waals surface area contributed by atoms with Crippen molar-refractivity contribution < 1.29 is 23.8 Å². The van der Waals surface area contributed by atoms with Gasteiger partial charge in [-0.05, 0) is 43.2 Å². The highest BCUT2D eigenvalue weighted by Gasteiger charge is 2.32. The molecule has 1 heterocycles. The molecule has 0 aliphatic carbocycles. The predicted octanol–water partition coefficient (Wildman–Crippen LogP) is 3.20. The average molecular weight is 412 g/mol. The number of ether oxygens (including phenoxy) is 3. The van der Waals surface area contributed by atoms with Crippen LogP contribution in [0.2, 0.25) is 0 Å². The first-order chi connectivity index (χ1) is 14.6. The van der Waals surface area contributed by atoms with Crippen LogP contribution in [0.4, 0.5) is 0 Å². The van der Waals surface area contributed by atoms with Crippen molar-refractivity contribution >= 4 is 11.8 Å². The minimum Gasteiger partial charge on any atom is -0.497 e. The van der Waals surface area contributed by atoms with Crippen LogP contribution in [0, 0.1) is 0 Å². The summed E-state index contributed by atoms with van der Waals surface area (Å²) in [6.07, 6.45) is 2.01. The third kappa shape index (κ3) is 4.67. The van der Waals surface area contributed by atoms with E-state index in [-0.39, 0.29) is 30.8 Å². The molecule has 7 heteroatoms. The molecule has 2 amide bonds. The summed E-state index contributed by atoms with van der Waals surface area (Å²) in [5.74, 6) is 1.72. The first kappa shape index (κ1) is 21.5. The van der Waals surface area contributed by atoms with E-state index in [0.29, 0.717) is 17.9 Å². The van der Waals surface area contributed by atoms with Gasteiger partial charge in [0.2, 0.25) is 5.91 Å². The second-order valence-electron chi connectivity index (χ2n) is 7.06. The molecule has 1 atom stereocenters. The summed E-state index contributed by atoms with van der Waals surface area (Å²) in [6, 6.07) is 12.6. The molecule has 160 valence electrons. The van der Waals surface area contributed by atoms with E-state index >= 15 is 0 Å². The van der Waals surface area contributed by atoms with Crippen LogP contribution in [-0.4, -0.2) is 51.1 Å². The number of hydrogen-bond donors (Lipinski definition) is 1.